The van der Waals surface area contributed by atoms with Crippen molar-refractivity contribution in [1.82, 2.24) is 9.88 Å². The second-order valence-electron chi connectivity index (χ2n) is 6.79. The Hall–Kier alpha value is -2.14. The highest BCUT2D eigenvalue weighted by atomic mass is 35.5. The first-order chi connectivity index (χ1) is 14.1. The van der Waals surface area contributed by atoms with E-state index < -0.39 is 26.7 Å². The molecule has 1 aliphatic rings. The molecule has 0 amide bonds. The summed E-state index contributed by atoms with van der Waals surface area (Å²) in [6, 6.07) is 11.1. The zero-order valence-corrected chi connectivity index (χ0v) is 17.7. The largest absolute Gasteiger partial charge is 0.416 e. The van der Waals surface area contributed by atoms with Gasteiger partial charge in [0.05, 0.1) is 16.2 Å². The highest BCUT2D eigenvalue weighted by Crippen LogP contribution is 2.34. The summed E-state index contributed by atoms with van der Waals surface area (Å²) in [4.78, 5) is 6.94. The normalized spacial score (nSPS) is 14.7. The monoisotopic (exact) mass is 473 g/mol. The summed E-state index contributed by atoms with van der Waals surface area (Å²) in [5.41, 5.74) is 0.834. The molecule has 1 aliphatic heterocycles. The van der Waals surface area contributed by atoms with Gasteiger partial charge in [-0.1, -0.05) is 41.1 Å². The van der Waals surface area contributed by atoms with Crippen LogP contribution in [-0.2, 0) is 35.8 Å². The minimum Gasteiger partial charge on any atom is -0.288 e. The Morgan fingerprint density at radius 2 is 1.87 bits per heavy atom. The van der Waals surface area contributed by atoms with Crippen molar-refractivity contribution in [2.45, 2.75) is 30.7 Å². The van der Waals surface area contributed by atoms with Gasteiger partial charge in [0.15, 0.2) is 5.13 Å². The predicted molar refractivity (Wildman–Crippen MR) is 109 cm³/mol. The number of nitrogens with zero attached hydrogens (tertiary/aromatic N) is 2. The van der Waals surface area contributed by atoms with Gasteiger partial charge in [0.2, 0.25) is 0 Å². The van der Waals surface area contributed by atoms with Gasteiger partial charge in [-0.05, 0) is 35.9 Å². The van der Waals surface area contributed by atoms with Gasteiger partial charge >= 0.3 is 6.18 Å². The number of hydrogen-bond donors (Lipinski definition) is 1. The molecule has 1 N–H and O–H groups in total. The summed E-state index contributed by atoms with van der Waals surface area (Å²) in [6.45, 7) is 1.87. The third-order valence-corrected chi connectivity index (χ3v) is 7.25. The molecular formula is C19H15ClF3N3O2S2. The van der Waals surface area contributed by atoms with Crippen molar-refractivity contribution in [2.75, 3.05) is 4.72 Å². The van der Waals surface area contributed by atoms with Crippen molar-refractivity contribution < 1.29 is 21.6 Å². The Morgan fingerprint density at radius 3 is 2.53 bits per heavy atom. The molecule has 0 aliphatic carbocycles. The third kappa shape index (κ3) is 4.61. The molecule has 158 valence electrons. The molecule has 0 saturated heterocycles. The molecule has 2 aromatic carbocycles. The zero-order valence-electron chi connectivity index (χ0n) is 15.3. The first-order valence-electron chi connectivity index (χ1n) is 8.76. The highest BCUT2D eigenvalue weighted by molar-refractivity contribution is 7.93. The van der Waals surface area contributed by atoms with Crippen LogP contribution in [0.15, 0.2) is 53.4 Å². The number of rotatable bonds is 5. The maximum Gasteiger partial charge on any atom is 0.416 e. The fourth-order valence-corrected chi connectivity index (χ4v) is 5.54. The quantitative estimate of drug-likeness (QED) is 0.558. The number of benzene rings is 2. The Labute approximate surface area is 180 Å². The number of halogens is 4. The lowest BCUT2D eigenvalue weighted by Gasteiger charge is -2.15. The molecule has 4 rings (SSSR count). The first-order valence-corrected chi connectivity index (χ1v) is 11.4. The minimum absolute atomic E-state index is 0.142. The van der Waals surface area contributed by atoms with Gasteiger partial charge in [-0.3, -0.25) is 9.62 Å². The molecule has 3 aromatic rings. The van der Waals surface area contributed by atoms with Crippen molar-refractivity contribution in [3.05, 3.63) is 75.3 Å². The van der Waals surface area contributed by atoms with Crippen LogP contribution in [0, 0.1) is 0 Å². The topological polar surface area (TPSA) is 62.3 Å². The molecule has 0 unspecified atom stereocenters. The lowest BCUT2D eigenvalue weighted by Crippen LogP contribution is -2.17. The second kappa shape index (κ2) is 7.84. The number of aromatic nitrogens is 1. The van der Waals surface area contributed by atoms with E-state index in [2.05, 4.69) is 14.6 Å². The van der Waals surface area contributed by atoms with E-state index in [9.17, 15) is 21.6 Å². The van der Waals surface area contributed by atoms with Crippen molar-refractivity contribution in [1.29, 1.82) is 0 Å². The molecule has 0 fully saturated rings. The lowest BCUT2D eigenvalue weighted by molar-refractivity contribution is -0.137. The van der Waals surface area contributed by atoms with Gasteiger partial charge in [-0.2, -0.15) is 13.2 Å². The average molecular weight is 474 g/mol. The number of fused-ring (bicyclic) bond motifs is 1. The van der Waals surface area contributed by atoms with Gasteiger partial charge in [0.25, 0.3) is 10.0 Å². The zero-order chi connectivity index (χ0) is 21.5. The van der Waals surface area contributed by atoms with Gasteiger partial charge in [0.1, 0.15) is 0 Å². The van der Waals surface area contributed by atoms with E-state index in [1.165, 1.54) is 11.3 Å². The van der Waals surface area contributed by atoms with E-state index in [4.69, 9.17) is 11.6 Å². The van der Waals surface area contributed by atoms with Crippen LogP contribution >= 0.6 is 22.9 Å². The molecule has 0 bridgehead atoms. The maximum atomic E-state index is 12.9. The number of thiazole rings is 1. The standard InChI is InChI=1S/C19H15ClF3N3O2S2/c20-14-6-4-12(5-7-14)9-26-10-16-17(11-26)29-18(24-16)25-30(27,28)15-3-1-2-13(8-15)19(21,22)23/h1-8H,9-11H2,(H,24,25). The summed E-state index contributed by atoms with van der Waals surface area (Å²) in [6.07, 6.45) is -4.62. The average Bonchev–Trinajstić information content (AvgIpc) is 3.20. The number of hydrogen-bond acceptors (Lipinski definition) is 5. The van der Waals surface area contributed by atoms with E-state index in [-0.39, 0.29) is 5.13 Å². The molecule has 0 saturated carbocycles. The summed E-state index contributed by atoms with van der Waals surface area (Å²) in [7, 11) is -4.18. The van der Waals surface area contributed by atoms with Gasteiger partial charge in [-0.15, -0.1) is 0 Å². The predicted octanol–water partition coefficient (Wildman–Crippen LogP) is 5.13. The summed E-state index contributed by atoms with van der Waals surface area (Å²) >= 11 is 7.08. The van der Waals surface area contributed by atoms with Crippen LogP contribution in [0.3, 0.4) is 0 Å². The van der Waals surface area contributed by atoms with Crippen LogP contribution in [0.4, 0.5) is 18.3 Å². The highest BCUT2D eigenvalue weighted by Gasteiger charge is 2.32. The minimum atomic E-state index is -4.62. The number of sulfonamides is 1. The number of nitrogens with one attached hydrogen (secondary N) is 1. The van der Waals surface area contributed by atoms with Crippen molar-refractivity contribution in [3.8, 4) is 0 Å². The molecule has 0 radical (unpaired) electrons. The number of anilines is 1. The summed E-state index contributed by atoms with van der Waals surface area (Å²) < 4.78 is 65.9. The van der Waals surface area contributed by atoms with Crippen LogP contribution in [0.5, 0.6) is 0 Å². The van der Waals surface area contributed by atoms with Crippen LogP contribution in [0.2, 0.25) is 5.02 Å². The molecule has 11 heteroatoms. The van der Waals surface area contributed by atoms with Gasteiger partial charge in [0, 0.05) is 29.5 Å². The molecule has 30 heavy (non-hydrogen) atoms. The van der Waals surface area contributed by atoms with E-state index in [1.54, 1.807) is 0 Å². The summed E-state index contributed by atoms with van der Waals surface area (Å²) in [5.74, 6) is 0. The molecule has 0 spiro atoms. The molecular weight excluding hydrogens is 459 g/mol. The smallest absolute Gasteiger partial charge is 0.288 e. The molecule has 0 atom stereocenters. The van der Waals surface area contributed by atoms with Gasteiger partial charge < -0.3 is 0 Å². The van der Waals surface area contributed by atoms with Crippen LogP contribution in [0.25, 0.3) is 0 Å². The Morgan fingerprint density at radius 1 is 1.13 bits per heavy atom. The summed E-state index contributed by atoms with van der Waals surface area (Å²) in [5, 5.41) is 0.808. The maximum absolute atomic E-state index is 12.9. The van der Waals surface area contributed by atoms with Crippen LogP contribution < -0.4 is 4.72 Å². The Bertz CT molecular complexity index is 1150. The van der Waals surface area contributed by atoms with Crippen molar-refractivity contribution >= 4 is 38.1 Å². The van der Waals surface area contributed by atoms with Crippen LogP contribution in [-0.4, -0.2) is 18.3 Å². The van der Waals surface area contributed by atoms with Crippen LogP contribution in [0.1, 0.15) is 21.7 Å². The Balaban J connectivity index is 1.45. The van der Waals surface area contributed by atoms with E-state index in [0.29, 0.717) is 30.7 Å². The fourth-order valence-electron chi connectivity index (χ4n) is 3.12. The third-order valence-electron chi connectivity index (χ3n) is 4.53. The molecule has 1 aromatic heterocycles. The second-order valence-corrected chi connectivity index (χ2v) is 9.99. The first kappa shape index (κ1) is 21.1. The van der Waals surface area contributed by atoms with E-state index in [0.717, 1.165) is 34.3 Å². The SMILES string of the molecule is O=S(=O)(Nc1nc2c(s1)CN(Cc1ccc(Cl)cc1)C2)c1cccc(C(F)(F)F)c1. The number of alkyl halides is 3. The van der Waals surface area contributed by atoms with E-state index in [1.807, 2.05) is 24.3 Å². The lowest BCUT2D eigenvalue weighted by atomic mass is 10.2. The Kier molecular flexibility index (Phi) is 5.52. The van der Waals surface area contributed by atoms with Crippen molar-refractivity contribution in [3.63, 3.8) is 0 Å². The van der Waals surface area contributed by atoms with Crippen molar-refractivity contribution in [2.24, 2.45) is 0 Å². The molecule has 2 heterocycles. The van der Waals surface area contributed by atoms with E-state index >= 15 is 0 Å². The fraction of sp³-hybridized carbons (Fsp3) is 0.211. The molecule has 5 nitrogen and oxygen atoms in total. The van der Waals surface area contributed by atoms with Gasteiger partial charge in [-0.25, -0.2) is 13.4 Å².